The Labute approximate surface area is 212 Å². The highest BCUT2D eigenvalue weighted by Crippen LogP contribution is 2.15. The van der Waals surface area contributed by atoms with Gasteiger partial charge in [0.15, 0.2) is 0 Å². The maximum Gasteiger partial charge on any atom is 0.320 e. The topological polar surface area (TPSA) is 89.3 Å². The van der Waals surface area contributed by atoms with Crippen molar-refractivity contribution in [2.45, 2.75) is 173 Å². The van der Waals surface area contributed by atoms with Gasteiger partial charge in [-0.2, -0.15) is 0 Å². The molecule has 0 aromatic carbocycles. The third kappa shape index (κ3) is 25.7. The minimum Gasteiger partial charge on any atom is -0.480 e. The molecule has 0 fully saturated rings. The third-order valence-corrected chi connectivity index (χ3v) is 6.99. The Morgan fingerprint density at radius 2 is 0.971 bits per heavy atom. The second kappa shape index (κ2) is 26.7. The second-order valence-electron chi connectivity index (χ2n) is 10.5. The van der Waals surface area contributed by atoms with Crippen LogP contribution in [0.25, 0.3) is 0 Å². The van der Waals surface area contributed by atoms with Crippen LogP contribution in [0.15, 0.2) is 12.2 Å². The summed E-state index contributed by atoms with van der Waals surface area (Å²) in [6, 6.07) is -0.541. The van der Waals surface area contributed by atoms with Crippen molar-refractivity contribution in [3.8, 4) is 0 Å². The summed E-state index contributed by atoms with van der Waals surface area (Å²) < 4.78 is 0. The average Bonchev–Trinajstić information content (AvgIpc) is 2.82. The van der Waals surface area contributed by atoms with Gasteiger partial charge in [0.1, 0.15) is 6.04 Å². The number of aliphatic carboxylic acids is 1. The average molecular weight is 481 g/mol. The van der Waals surface area contributed by atoms with Crippen molar-refractivity contribution in [3.63, 3.8) is 0 Å². The zero-order valence-electron chi connectivity index (χ0n) is 22.8. The molecule has 0 heterocycles. The van der Waals surface area contributed by atoms with E-state index in [1.54, 1.807) is 0 Å². The predicted molar refractivity (Wildman–Crippen MR) is 149 cm³/mol. The zero-order chi connectivity index (χ0) is 25.1. The van der Waals surface area contributed by atoms with Crippen molar-refractivity contribution >= 4 is 5.97 Å². The lowest BCUT2D eigenvalue weighted by Crippen LogP contribution is -2.30. The maximum atomic E-state index is 10.7. The van der Waals surface area contributed by atoms with Crippen LogP contribution in [0.1, 0.15) is 161 Å². The molecule has 0 aliphatic heterocycles. The molecular formula is C30H60N2O2. The van der Waals surface area contributed by atoms with E-state index < -0.39 is 12.0 Å². The Hall–Kier alpha value is -0.870. The number of carbonyl (C=O) groups is 1. The van der Waals surface area contributed by atoms with Crippen molar-refractivity contribution < 1.29 is 9.90 Å². The first-order valence-electron chi connectivity index (χ1n) is 15.0. The molecule has 0 rings (SSSR count). The van der Waals surface area contributed by atoms with Crippen LogP contribution in [0.3, 0.4) is 0 Å². The third-order valence-electron chi connectivity index (χ3n) is 6.99. The molecule has 0 aromatic rings. The fraction of sp³-hybridized carbons (Fsp3) is 0.900. The summed E-state index contributed by atoms with van der Waals surface area (Å²) in [5.41, 5.74) is 11.7. The largest absolute Gasteiger partial charge is 0.480 e. The van der Waals surface area contributed by atoms with Crippen molar-refractivity contribution in [1.82, 2.24) is 0 Å². The second-order valence-corrected chi connectivity index (χ2v) is 10.5. The highest BCUT2D eigenvalue weighted by molar-refractivity contribution is 5.72. The lowest BCUT2D eigenvalue weighted by atomic mass is 10.0. The zero-order valence-corrected chi connectivity index (χ0v) is 22.8. The maximum absolute atomic E-state index is 10.7. The molecular weight excluding hydrogens is 420 g/mol. The Morgan fingerprint density at radius 3 is 1.41 bits per heavy atom. The number of allylic oxidation sites excluding steroid dienone is 2. The quantitative estimate of drug-likeness (QED) is 0.0810. The van der Waals surface area contributed by atoms with Gasteiger partial charge < -0.3 is 16.6 Å². The monoisotopic (exact) mass is 480 g/mol. The van der Waals surface area contributed by atoms with Crippen LogP contribution in [-0.2, 0) is 4.79 Å². The van der Waals surface area contributed by atoms with Gasteiger partial charge in [0, 0.05) is 6.04 Å². The minimum absolute atomic E-state index is 0.196. The van der Waals surface area contributed by atoms with Crippen molar-refractivity contribution in [1.29, 1.82) is 0 Å². The molecule has 0 saturated heterocycles. The summed E-state index contributed by atoms with van der Waals surface area (Å²) >= 11 is 0. The van der Waals surface area contributed by atoms with E-state index in [2.05, 4.69) is 19.1 Å². The lowest BCUT2D eigenvalue weighted by Gasteiger charge is -2.12. The number of carboxylic acids is 1. The van der Waals surface area contributed by atoms with Crippen LogP contribution in [0.2, 0.25) is 0 Å². The van der Waals surface area contributed by atoms with Gasteiger partial charge in [-0.15, -0.1) is 0 Å². The Kier molecular flexibility index (Phi) is 26.0. The Balaban J connectivity index is 3.20. The van der Waals surface area contributed by atoms with Crippen LogP contribution in [0.4, 0.5) is 0 Å². The number of rotatable bonds is 27. The highest BCUT2D eigenvalue weighted by Gasteiger charge is 2.11. The molecule has 0 saturated carbocycles. The van der Waals surface area contributed by atoms with Crippen molar-refractivity contribution in [2.75, 3.05) is 0 Å². The molecule has 5 N–H and O–H groups in total. The number of unbranched alkanes of at least 4 members (excludes halogenated alkanes) is 18. The number of hydrogen-bond donors (Lipinski definition) is 3. The van der Waals surface area contributed by atoms with E-state index in [1.165, 1.54) is 128 Å². The first kappa shape index (κ1) is 33.1. The van der Waals surface area contributed by atoms with E-state index in [4.69, 9.17) is 16.6 Å². The van der Waals surface area contributed by atoms with Crippen LogP contribution in [0.5, 0.6) is 0 Å². The summed E-state index contributed by atoms with van der Waals surface area (Å²) in [6.45, 7) is 2.28. The van der Waals surface area contributed by atoms with Gasteiger partial charge in [0.2, 0.25) is 0 Å². The molecule has 202 valence electrons. The molecule has 0 aliphatic carbocycles. The molecule has 0 spiro atoms. The summed E-state index contributed by atoms with van der Waals surface area (Å²) in [5.74, 6) is -0.911. The van der Waals surface area contributed by atoms with Crippen LogP contribution in [-0.4, -0.2) is 23.2 Å². The molecule has 2 atom stereocenters. The first-order chi connectivity index (χ1) is 16.6. The van der Waals surface area contributed by atoms with E-state index in [-0.39, 0.29) is 6.04 Å². The van der Waals surface area contributed by atoms with Crippen molar-refractivity contribution in [2.24, 2.45) is 11.5 Å². The van der Waals surface area contributed by atoms with Crippen molar-refractivity contribution in [3.05, 3.63) is 12.2 Å². The minimum atomic E-state index is -0.911. The molecule has 0 radical (unpaired) electrons. The standard InChI is InChI=1S/C30H60N2O2/c1-2-3-4-5-6-7-8-9-10-11-12-13-14-15-16-17-18-19-20-21-22-23-25-28(31)26-24-27-29(32)30(33)34/h9-10,28-29H,2-8,11-27,31-32H2,1H3,(H,33,34)/b10-9-/t28?,29-/m0/s1. The summed E-state index contributed by atoms with van der Waals surface area (Å²) in [6.07, 6.45) is 35.4. The van der Waals surface area contributed by atoms with E-state index in [0.29, 0.717) is 6.42 Å². The molecule has 34 heavy (non-hydrogen) atoms. The van der Waals surface area contributed by atoms with Gasteiger partial charge in [0.05, 0.1) is 0 Å². The number of carboxylic acid groups (broad SMARTS) is 1. The fourth-order valence-corrected chi connectivity index (χ4v) is 4.58. The van der Waals surface area contributed by atoms with E-state index in [0.717, 1.165) is 19.3 Å². The predicted octanol–water partition coefficient (Wildman–Crippen LogP) is 8.66. The number of nitrogens with two attached hydrogens (primary N) is 2. The van der Waals surface area contributed by atoms with Gasteiger partial charge in [-0.1, -0.05) is 122 Å². The van der Waals surface area contributed by atoms with Gasteiger partial charge in [-0.3, -0.25) is 4.79 Å². The highest BCUT2D eigenvalue weighted by atomic mass is 16.4. The van der Waals surface area contributed by atoms with Gasteiger partial charge in [-0.25, -0.2) is 0 Å². The van der Waals surface area contributed by atoms with Gasteiger partial charge in [0.25, 0.3) is 0 Å². The smallest absolute Gasteiger partial charge is 0.320 e. The van der Waals surface area contributed by atoms with E-state index >= 15 is 0 Å². The van der Waals surface area contributed by atoms with Crippen LogP contribution >= 0.6 is 0 Å². The summed E-state index contributed by atoms with van der Waals surface area (Å²) in [7, 11) is 0. The van der Waals surface area contributed by atoms with Crippen LogP contribution in [0, 0.1) is 0 Å². The SMILES string of the molecule is CCCCCCCC/C=C\CCCCCCCCCCCCCCC(N)CCC[C@H](N)C(=O)O. The molecule has 0 aromatic heterocycles. The lowest BCUT2D eigenvalue weighted by molar-refractivity contribution is -0.138. The van der Waals surface area contributed by atoms with Crippen LogP contribution < -0.4 is 11.5 Å². The van der Waals surface area contributed by atoms with Gasteiger partial charge in [-0.05, 0) is 51.4 Å². The molecule has 1 unspecified atom stereocenters. The summed E-state index contributed by atoms with van der Waals surface area (Å²) in [4.78, 5) is 10.7. The van der Waals surface area contributed by atoms with E-state index in [1.807, 2.05) is 0 Å². The van der Waals surface area contributed by atoms with Gasteiger partial charge >= 0.3 is 5.97 Å². The fourth-order valence-electron chi connectivity index (χ4n) is 4.58. The molecule has 4 heteroatoms. The Bertz CT molecular complexity index is 453. The Morgan fingerprint density at radius 1 is 0.588 bits per heavy atom. The molecule has 0 amide bonds. The molecule has 0 aliphatic rings. The normalized spacial score (nSPS) is 13.5. The first-order valence-corrected chi connectivity index (χ1v) is 15.0. The van der Waals surface area contributed by atoms with E-state index in [9.17, 15) is 4.79 Å². The molecule has 4 nitrogen and oxygen atoms in total. The summed E-state index contributed by atoms with van der Waals surface area (Å²) in [5, 5.41) is 8.78. The molecule has 0 bridgehead atoms. The number of hydrogen-bond acceptors (Lipinski definition) is 3.